The van der Waals surface area contributed by atoms with E-state index < -0.39 is 24.3 Å². The summed E-state index contributed by atoms with van der Waals surface area (Å²) in [6.07, 6.45) is 33.6. The molecule has 10 heteroatoms. The SMILES string of the molecule is CCCCC/C=C\C/C=C\CCCCCCCC(=O)OCC(COC(=O)CCC(OCCC#CCCCCCC)OCCC#CCCCCCC)COC(=O)OCCCN(CC)CC. The third-order valence-corrected chi connectivity index (χ3v) is 10.7. The molecule has 368 valence electrons. The Morgan fingerprint density at radius 3 is 1.55 bits per heavy atom. The smallest absolute Gasteiger partial charge is 0.465 e. The molecule has 10 nitrogen and oxygen atoms in total. The Hall–Kier alpha value is -3.31. The highest BCUT2D eigenvalue weighted by atomic mass is 16.7. The van der Waals surface area contributed by atoms with Gasteiger partial charge in [-0.15, -0.1) is 23.7 Å². The van der Waals surface area contributed by atoms with Crippen LogP contribution < -0.4 is 0 Å². The van der Waals surface area contributed by atoms with Crippen molar-refractivity contribution in [1.82, 2.24) is 4.90 Å². The topological polar surface area (TPSA) is 110 Å². The van der Waals surface area contributed by atoms with Gasteiger partial charge in [0.15, 0.2) is 6.29 Å². The van der Waals surface area contributed by atoms with E-state index in [1.807, 2.05) is 0 Å². The van der Waals surface area contributed by atoms with Gasteiger partial charge in [0.2, 0.25) is 0 Å². The van der Waals surface area contributed by atoms with E-state index in [9.17, 15) is 14.4 Å². The largest absolute Gasteiger partial charge is 0.508 e. The fourth-order valence-corrected chi connectivity index (χ4v) is 6.57. The number of esters is 2. The van der Waals surface area contributed by atoms with Crippen molar-refractivity contribution >= 4 is 18.1 Å². The van der Waals surface area contributed by atoms with E-state index in [0.717, 1.165) is 90.3 Å². The summed E-state index contributed by atoms with van der Waals surface area (Å²) in [6.45, 7) is 14.3. The maximum absolute atomic E-state index is 13.0. The van der Waals surface area contributed by atoms with Crippen LogP contribution in [0.1, 0.15) is 208 Å². The second-order valence-corrected chi connectivity index (χ2v) is 16.5. The van der Waals surface area contributed by atoms with Crippen LogP contribution in [0.15, 0.2) is 24.3 Å². The first-order valence-electron chi connectivity index (χ1n) is 25.7. The Morgan fingerprint density at radius 1 is 0.484 bits per heavy atom. The van der Waals surface area contributed by atoms with Crippen molar-refractivity contribution in [3.63, 3.8) is 0 Å². The molecule has 0 rings (SSSR count). The van der Waals surface area contributed by atoms with E-state index >= 15 is 0 Å². The number of hydrogen-bond donors (Lipinski definition) is 0. The molecule has 64 heavy (non-hydrogen) atoms. The van der Waals surface area contributed by atoms with Gasteiger partial charge in [0, 0.05) is 45.1 Å². The van der Waals surface area contributed by atoms with Crippen LogP contribution in [0.25, 0.3) is 0 Å². The molecule has 0 spiro atoms. The van der Waals surface area contributed by atoms with Gasteiger partial charge in [-0.2, -0.15) is 0 Å². The summed E-state index contributed by atoms with van der Waals surface area (Å²) < 4.78 is 33.9. The monoisotopic (exact) mass is 900 g/mol. The molecule has 0 aromatic carbocycles. The zero-order chi connectivity index (χ0) is 46.8. The molecule has 0 fully saturated rings. The third-order valence-electron chi connectivity index (χ3n) is 10.7. The van der Waals surface area contributed by atoms with E-state index in [1.54, 1.807) is 0 Å². The Bertz CT molecular complexity index is 1240. The van der Waals surface area contributed by atoms with Crippen LogP contribution in [-0.2, 0) is 38.0 Å². The molecule has 0 radical (unpaired) electrons. The standard InChI is InChI=1S/C54H93NO9/c1-6-11-14-17-20-23-24-25-26-27-28-29-30-33-36-40-51(56)62-47-50(49-64-54(58)61-46-39-43-55(9-4)10-5)48-63-52(57)41-42-53(59-44-37-34-31-21-18-15-12-7-2)60-45-38-35-32-22-19-16-13-8-3/h20,23,25-26,50,53H,6-19,21-22,24,27-30,33,36-49H2,1-5H3/b23-20-,26-25-. The van der Waals surface area contributed by atoms with Gasteiger partial charge in [-0.25, -0.2) is 4.79 Å². The van der Waals surface area contributed by atoms with Crippen LogP contribution in [-0.4, -0.2) is 88.6 Å². The number of carbonyl (C=O) groups is 3. The van der Waals surface area contributed by atoms with E-state index in [2.05, 4.69) is 87.5 Å². The predicted octanol–water partition coefficient (Wildman–Crippen LogP) is 13.3. The normalized spacial score (nSPS) is 11.7. The molecule has 0 amide bonds. The van der Waals surface area contributed by atoms with Crippen molar-refractivity contribution in [2.24, 2.45) is 5.92 Å². The van der Waals surface area contributed by atoms with Gasteiger partial charge in [-0.1, -0.05) is 130 Å². The minimum absolute atomic E-state index is 0.0459. The highest BCUT2D eigenvalue weighted by Gasteiger charge is 2.20. The number of ether oxygens (including phenoxy) is 6. The van der Waals surface area contributed by atoms with E-state index in [0.29, 0.717) is 45.3 Å². The summed E-state index contributed by atoms with van der Waals surface area (Å²) in [7, 11) is 0. The molecule has 0 aliphatic rings. The van der Waals surface area contributed by atoms with E-state index in [1.165, 1.54) is 64.2 Å². The molecule has 1 atom stereocenters. The Balaban J connectivity index is 5.00. The molecule has 0 aliphatic carbocycles. The minimum atomic E-state index is -0.799. The van der Waals surface area contributed by atoms with Gasteiger partial charge < -0.3 is 33.3 Å². The third kappa shape index (κ3) is 43.9. The van der Waals surface area contributed by atoms with Crippen molar-refractivity contribution in [2.45, 2.75) is 214 Å². The zero-order valence-corrected chi connectivity index (χ0v) is 41.5. The first-order valence-corrected chi connectivity index (χ1v) is 25.7. The van der Waals surface area contributed by atoms with Gasteiger partial charge in [-0.3, -0.25) is 9.59 Å². The summed E-state index contributed by atoms with van der Waals surface area (Å²) in [5.74, 6) is 11.5. The van der Waals surface area contributed by atoms with Gasteiger partial charge in [-0.05, 0) is 70.9 Å². The molecule has 0 saturated carbocycles. The van der Waals surface area contributed by atoms with Crippen LogP contribution in [0.4, 0.5) is 4.79 Å². The van der Waals surface area contributed by atoms with Crippen molar-refractivity contribution < 1.29 is 42.8 Å². The Morgan fingerprint density at radius 2 is 0.969 bits per heavy atom. The lowest BCUT2D eigenvalue weighted by atomic mass is 10.1. The zero-order valence-electron chi connectivity index (χ0n) is 41.5. The summed E-state index contributed by atoms with van der Waals surface area (Å²) in [5, 5.41) is 0. The van der Waals surface area contributed by atoms with Crippen molar-refractivity contribution in [1.29, 1.82) is 0 Å². The summed E-state index contributed by atoms with van der Waals surface area (Å²) in [4.78, 5) is 40.4. The van der Waals surface area contributed by atoms with Crippen LogP contribution in [0.2, 0.25) is 0 Å². The van der Waals surface area contributed by atoms with E-state index in [4.69, 9.17) is 28.4 Å². The molecule has 0 saturated heterocycles. The van der Waals surface area contributed by atoms with Gasteiger partial charge in [0.1, 0.15) is 19.8 Å². The summed E-state index contributed by atoms with van der Waals surface area (Å²) in [6, 6.07) is 0. The fourth-order valence-electron chi connectivity index (χ4n) is 6.57. The number of unbranched alkanes of at least 4 members (excludes halogenated alkanes) is 16. The molecular formula is C54H93NO9. The summed E-state index contributed by atoms with van der Waals surface area (Å²) in [5.41, 5.74) is 0. The van der Waals surface area contributed by atoms with Crippen molar-refractivity contribution in [3.05, 3.63) is 24.3 Å². The number of allylic oxidation sites excluding steroid dienone is 4. The lowest BCUT2D eigenvalue weighted by Crippen LogP contribution is -2.28. The maximum Gasteiger partial charge on any atom is 0.508 e. The predicted molar refractivity (Wildman–Crippen MR) is 262 cm³/mol. The molecule has 0 aliphatic heterocycles. The van der Waals surface area contributed by atoms with Crippen molar-refractivity contribution in [3.8, 4) is 23.7 Å². The van der Waals surface area contributed by atoms with E-state index in [-0.39, 0.29) is 38.8 Å². The minimum Gasteiger partial charge on any atom is -0.465 e. The van der Waals surface area contributed by atoms with Gasteiger partial charge >= 0.3 is 18.1 Å². The Labute approximate surface area is 392 Å². The molecule has 0 aromatic heterocycles. The molecular weight excluding hydrogens is 807 g/mol. The highest BCUT2D eigenvalue weighted by molar-refractivity contribution is 5.69. The molecule has 1 unspecified atom stereocenters. The first kappa shape index (κ1) is 60.7. The maximum atomic E-state index is 13.0. The molecule has 0 bridgehead atoms. The number of rotatable bonds is 43. The van der Waals surface area contributed by atoms with Crippen LogP contribution in [0.5, 0.6) is 0 Å². The average Bonchev–Trinajstić information content (AvgIpc) is 3.30. The van der Waals surface area contributed by atoms with Crippen LogP contribution in [0.3, 0.4) is 0 Å². The van der Waals surface area contributed by atoms with Crippen molar-refractivity contribution in [2.75, 3.05) is 59.3 Å². The fraction of sp³-hybridized carbons (Fsp3) is 0.796. The van der Waals surface area contributed by atoms with Gasteiger partial charge in [0.25, 0.3) is 0 Å². The highest BCUT2D eigenvalue weighted by Crippen LogP contribution is 2.12. The second kappa shape index (κ2) is 49.1. The van der Waals surface area contributed by atoms with Crippen LogP contribution >= 0.6 is 0 Å². The summed E-state index contributed by atoms with van der Waals surface area (Å²) >= 11 is 0. The Kier molecular flexibility index (Phi) is 46.6. The lowest BCUT2D eigenvalue weighted by Gasteiger charge is -2.19. The number of carbonyl (C=O) groups excluding carboxylic acids is 3. The molecule has 0 heterocycles. The second-order valence-electron chi connectivity index (χ2n) is 16.5. The molecule has 0 N–H and O–H groups in total. The number of nitrogens with zero attached hydrogens (tertiary/aromatic N) is 1. The first-order chi connectivity index (χ1) is 31.4. The lowest BCUT2D eigenvalue weighted by molar-refractivity contribution is -0.159. The van der Waals surface area contributed by atoms with Gasteiger partial charge in [0.05, 0.1) is 32.2 Å². The quantitative estimate of drug-likeness (QED) is 0.0146. The average molecular weight is 900 g/mol. The molecule has 0 aromatic rings. The van der Waals surface area contributed by atoms with Crippen LogP contribution in [0, 0.1) is 29.6 Å². The number of hydrogen-bond acceptors (Lipinski definition) is 10.